The summed E-state index contributed by atoms with van der Waals surface area (Å²) in [6, 6.07) is 10.7. The van der Waals surface area contributed by atoms with Gasteiger partial charge in [-0.2, -0.15) is 0 Å². The second-order valence-electron chi connectivity index (χ2n) is 6.66. The van der Waals surface area contributed by atoms with E-state index in [0.29, 0.717) is 23.9 Å². The molecule has 1 fully saturated rings. The smallest absolute Gasteiger partial charge is 0.284 e. The molecular weight excluding hydrogens is 521 g/mol. The predicted molar refractivity (Wildman–Crippen MR) is 128 cm³/mol. The second-order valence-corrected chi connectivity index (χ2v) is 7.10. The van der Waals surface area contributed by atoms with Crippen LogP contribution in [-0.4, -0.2) is 68.0 Å². The summed E-state index contributed by atoms with van der Waals surface area (Å²) >= 11 is 5.88. The third kappa shape index (κ3) is 7.06. The van der Waals surface area contributed by atoms with Crippen LogP contribution in [-0.2, 0) is 6.54 Å². The minimum atomic E-state index is -0.572. The van der Waals surface area contributed by atoms with Crippen LogP contribution in [0.1, 0.15) is 16.3 Å². The van der Waals surface area contributed by atoms with Gasteiger partial charge in [0.15, 0.2) is 11.7 Å². The Labute approximate surface area is 198 Å². The van der Waals surface area contributed by atoms with E-state index in [9.17, 15) is 4.79 Å². The van der Waals surface area contributed by atoms with E-state index in [4.69, 9.17) is 26.5 Å². The SMILES string of the molecule is CN=C(NCc1ccc(C(N)=O)o1)N1CCN(CCOc2ccc(Cl)cc2)CC1.I. The quantitative estimate of drug-likeness (QED) is 0.314. The lowest BCUT2D eigenvalue weighted by Crippen LogP contribution is -2.52. The van der Waals surface area contributed by atoms with Crippen molar-refractivity contribution < 1.29 is 13.9 Å². The van der Waals surface area contributed by atoms with Gasteiger partial charge in [0, 0.05) is 44.8 Å². The number of nitrogens with zero attached hydrogens (tertiary/aromatic N) is 3. The molecule has 10 heteroatoms. The molecule has 0 aliphatic carbocycles. The molecule has 0 saturated carbocycles. The van der Waals surface area contributed by atoms with Crippen molar-refractivity contribution in [1.82, 2.24) is 15.1 Å². The number of guanidine groups is 1. The van der Waals surface area contributed by atoms with Crippen LogP contribution in [0.3, 0.4) is 0 Å². The lowest BCUT2D eigenvalue weighted by Gasteiger charge is -2.36. The summed E-state index contributed by atoms with van der Waals surface area (Å²) in [6.45, 7) is 5.53. The summed E-state index contributed by atoms with van der Waals surface area (Å²) < 4.78 is 11.2. The number of carbonyl (C=O) groups is 1. The first-order valence-corrected chi connectivity index (χ1v) is 9.88. The minimum absolute atomic E-state index is 0. The van der Waals surface area contributed by atoms with Crippen LogP contribution in [0.25, 0.3) is 0 Å². The average Bonchev–Trinajstić information content (AvgIpc) is 3.20. The number of hydrogen-bond acceptors (Lipinski definition) is 5. The Morgan fingerprint density at radius 3 is 2.50 bits per heavy atom. The summed E-state index contributed by atoms with van der Waals surface area (Å²) in [5, 5.41) is 3.97. The van der Waals surface area contributed by atoms with E-state index in [0.717, 1.165) is 44.4 Å². The molecule has 0 unspecified atom stereocenters. The highest BCUT2D eigenvalue weighted by Gasteiger charge is 2.19. The van der Waals surface area contributed by atoms with Crippen molar-refractivity contribution in [3.63, 3.8) is 0 Å². The third-order valence-corrected chi connectivity index (χ3v) is 4.95. The molecule has 0 bridgehead atoms. The molecule has 30 heavy (non-hydrogen) atoms. The zero-order valence-electron chi connectivity index (χ0n) is 16.8. The van der Waals surface area contributed by atoms with Crippen molar-refractivity contribution in [3.8, 4) is 5.75 Å². The number of ether oxygens (including phenoxy) is 1. The average molecular weight is 548 g/mol. The van der Waals surface area contributed by atoms with Gasteiger partial charge in [-0.25, -0.2) is 0 Å². The maximum absolute atomic E-state index is 11.1. The number of amides is 1. The fourth-order valence-electron chi connectivity index (χ4n) is 3.11. The Bertz CT molecular complexity index is 835. The normalized spacial score (nSPS) is 14.9. The summed E-state index contributed by atoms with van der Waals surface area (Å²) in [5.74, 6) is 1.86. The van der Waals surface area contributed by atoms with E-state index in [1.165, 1.54) is 0 Å². The minimum Gasteiger partial charge on any atom is -0.492 e. The van der Waals surface area contributed by atoms with Gasteiger partial charge >= 0.3 is 0 Å². The predicted octanol–water partition coefficient (Wildman–Crippen LogP) is 2.42. The van der Waals surface area contributed by atoms with Crippen LogP contribution in [0.15, 0.2) is 45.8 Å². The molecule has 3 N–H and O–H groups in total. The lowest BCUT2D eigenvalue weighted by molar-refractivity contribution is 0.0972. The maximum Gasteiger partial charge on any atom is 0.284 e. The number of benzene rings is 1. The van der Waals surface area contributed by atoms with E-state index in [1.54, 1.807) is 19.2 Å². The topological polar surface area (TPSA) is 96.3 Å². The highest BCUT2D eigenvalue weighted by atomic mass is 127. The molecule has 0 atom stereocenters. The molecule has 2 heterocycles. The number of furan rings is 1. The number of nitrogens with one attached hydrogen (secondary N) is 1. The van der Waals surface area contributed by atoms with Crippen LogP contribution in [0.5, 0.6) is 5.75 Å². The van der Waals surface area contributed by atoms with Crippen molar-refractivity contribution in [3.05, 3.63) is 52.9 Å². The maximum atomic E-state index is 11.1. The molecule has 1 aliphatic rings. The first kappa shape index (κ1) is 24.3. The number of rotatable bonds is 7. The van der Waals surface area contributed by atoms with Gasteiger partial charge in [0.2, 0.25) is 0 Å². The zero-order chi connectivity index (χ0) is 20.6. The number of aliphatic imine (C=N–C) groups is 1. The summed E-state index contributed by atoms with van der Waals surface area (Å²) in [7, 11) is 1.76. The Morgan fingerprint density at radius 1 is 1.20 bits per heavy atom. The molecule has 1 saturated heterocycles. The number of halogens is 2. The van der Waals surface area contributed by atoms with Crippen molar-refractivity contribution in [2.24, 2.45) is 10.7 Å². The highest BCUT2D eigenvalue weighted by molar-refractivity contribution is 14.0. The van der Waals surface area contributed by atoms with Crippen LogP contribution in [0, 0.1) is 0 Å². The molecule has 0 radical (unpaired) electrons. The molecule has 3 rings (SSSR count). The van der Waals surface area contributed by atoms with Crippen LogP contribution in [0.4, 0.5) is 0 Å². The third-order valence-electron chi connectivity index (χ3n) is 4.70. The van der Waals surface area contributed by atoms with E-state index < -0.39 is 5.91 Å². The molecule has 1 aliphatic heterocycles. The number of carbonyl (C=O) groups excluding carboxylic acids is 1. The highest BCUT2D eigenvalue weighted by Crippen LogP contribution is 2.15. The second kappa shape index (κ2) is 12.0. The molecule has 164 valence electrons. The van der Waals surface area contributed by atoms with Gasteiger partial charge in [0.05, 0.1) is 6.54 Å². The number of piperazine rings is 1. The molecule has 0 spiro atoms. The van der Waals surface area contributed by atoms with Crippen LogP contribution in [0.2, 0.25) is 5.02 Å². The van der Waals surface area contributed by atoms with Crippen molar-refractivity contribution in [2.75, 3.05) is 46.4 Å². The Balaban J connectivity index is 0.00000320. The van der Waals surface area contributed by atoms with Crippen molar-refractivity contribution in [1.29, 1.82) is 0 Å². The molecule has 2 aromatic rings. The van der Waals surface area contributed by atoms with E-state index in [-0.39, 0.29) is 29.7 Å². The summed E-state index contributed by atoms with van der Waals surface area (Å²) in [6.07, 6.45) is 0. The molecule has 8 nitrogen and oxygen atoms in total. The van der Waals surface area contributed by atoms with E-state index >= 15 is 0 Å². The van der Waals surface area contributed by atoms with Crippen LogP contribution >= 0.6 is 35.6 Å². The zero-order valence-corrected chi connectivity index (χ0v) is 19.9. The Hall–Kier alpha value is -1.98. The lowest BCUT2D eigenvalue weighted by atomic mass is 10.3. The van der Waals surface area contributed by atoms with Gasteiger partial charge < -0.3 is 25.1 Å². The fraction of sp³-hybridized carbons (Fsp3) is 0.400. The van der Waals surface area contributed by atoms with Gasteiger partial charge in [0.25, 0.3) is 5.91 Å². The first-order chi connectivity index (χ1) is 14.0. The van der Waals surface area contributed by atoms with Crippen molar-refractivity contribution >= 4 is 47.4 Å². The molecule has 1 aromatic heterocycles. The Morgan fingerprint density at radius 2 is 1.90 bits per heavy atom. The molecular formula is C20H27ClIN5O3. The fourth-order valence-corrected chi connectivity index (χ4v) is 3.24. The standard InChI is InChI=1S/C20H26ClN5O3.HI/c1-23-20(24-14-17-6-7-18(29-17)19(22)27)26-10-8-25(9-11-26)12-13-28-16-4-2-15(21)3-5-16;/h2-7H,8-14H2,1H3,(H2,22,27)(H,23,24);1H. The van der Waals surface area contributed by atoms with Gasteiger partial charge in [-0.05, 0) is 36.4 Å². The number of hydrogen-bond donors (Lipinski definition) is 2. The van der Waals surface area contributed by atoms with Gasteiger partial charge in [-0.15, -0.1) is 24.0 Å². The van der Waals surface area contributed by atoms with Gasteiger partial charge in [-0.3, -0.25) is 14.7 Å². The van der Waals surface area contributed by atoms with E-state index in [2.05, 4.69) is 20.1 Å². The van der Waals surface area contributed by atoms with E-state index in [1.807, 2.05) is 24.3 Å². The van der Waals surface area contributed by atoms with Crippen molar-refractivity contribution in [2.45, 2.75) is 6.54 Å². The largest absolute Gasteiger partial charge is 0.492 e. The molecule has 1 aromatic carbocycles. The number of primary amides is 1. The monoisotopic (exact) mass is 547 g/mol. The summed E-state index contributed by atoms with van der Waals surface area (Å²) in [5.41, 5.74) is 5.21. The number of nitrogens with two attached hydrogens (primary N) is 1. The Kier molecular flexibility index (Phi) is 9.73. The van der Waals surface area contributed by atoms with Gasteiger partial charge in [-0.1, -0.05) is 11.6 Å². The summed E-state index contributed by atoms with van der Waals surface area (Å²) in [4.78, 5) is 20.0. The van der Waals surface area contributed by atoms with Gasteiger partial charge in [0.1, 0.15) is 18.1 Å². The van der Waals surface area contributed by atoms with Crippen LogP contribution < -0.4 is 15.8 Å². The molecule has 1 amide bonds. The first-order valence-electron chi connectivity index (χ1n) is 9.50.